The van der Waals surface area contributed by atoms with Gasteiger partial charge in [0.25, 0.3) is 0 Å². The van der Waals surface area contributed by atoms with E-state index in [0.29, 0.717) is 19.6 Å². The zero-order chi connectivity index (χ0) is 21.3. The van der Waals surface area contributed by atoms with E-state index in [1.807, 2.05) is 22.9 Å². The van der Waals surface area contributed by atoms with E-state index in [1.165, 1.54) is 18.4 Å². The van der Waals surface area contributed by atoms with E-state index in [0.717, 1.165) is 41.9 Å². The molecule has 0 radical (unpaired) electrons. The summed E-state index contributed by atoms with van der Waals surface area (Å²) in [6.45, 7) is 5.66. The minimum Gasteiger partial charge on any atom is -0.493 e. The second-order valence-corrected chi connectivity index (χ2v) is 7.82. The van der Waals surface area contributed by atoms with Gasteiger partial charge in [-0.05, 0) is 42.9 Å². The SMILES string of the molecule is CCNC(=NCc1cccc(Cn2cncn2)c1)NCc1ccccc1OCC1CC1. The largest absolute Gasteiger partial charge is 0.493 e. The monoisotopic (exact) mass is 418 g/mol. The number of rotatable bonds is 10. The Morgan fingerprint density at radius 1 is 1.13 bits per heavy atom. The molecular weight excluding hydrogens is 388 g/mol. The molecule has 2 aromatic carbocycles. The maximum Gasteiger partial charge on any atom is 0.191 e. The standard InChI is InChI=1S/C24H30N6O/c1-2-26-24(28-14-22-8-3-4-9-23(22)31-16-19-10-11-19)27-13-20-6-5-7-21(12-20)15-30-18-25-17-29-30/h3-9,12,17-19H,2,10-11,13-16H2,1H3,(H2,26,27,28). The molecule has 0 amide bonds. The molecule has 1 aliphatic rings. The predicted octanol–water partition coefficient (Wildman–Crippen LogP) is 3.37. The van der Waals surface area contributed by atoms with E-state index >= 15 is 0 Å². The Morgan fingerprint density at radius 3 is 2.81 bits per heavy atom. The van der Waals surface area contributed by atoms with Gasteiger partial charge in [0.05, 0.1) is 19.7 Å². The first-order valence-electron chi connectivity index (χ1n) is 10.9. The third-order valence-electron chi connectivity index (χ3n) is 5.16. The number of nitrogens with zero attached hydrogens (tertiary/aromatic N) is 4. The molecule has 0 spiro atoms. The van der Waals surface area contributed by atoms with Gasteiger partial charge in [0.1, 0.15) is 18.4 Å². The lowest BCUT2D eigenvalue weighted by Gasteiger charge is -2.14. The Kier molecular flexibility index (Phi) is 7.16. The molecule has 0 atom stereocenters. The van der Waals surface area contributed by atoms with E-state index in [4.69, 9.17) is 9.73 Å². The van der Waals surface area contributed by atoms with Crippen molar-refractivity contribution in [1.82, 2.24) is 25.4 Å². The molecule has 2 N–H and O–H groups in total. The Balaban J connectivity index is 1.36. The summed E-state index contributed by atoms with van der Waals surface area (Å²) in [5, 5.41) is 10.9. The minimum absolute atomic E-state index is 0.598. The van der Waals surface area contributed by atoms with Gasteiger partial charge in [-0.1, -0.05) is 42.5 Å². The van der Waals surface area contributed by atoms with Crippen molar-refractivity contribution >= 4 is 5.96 Å². The maximum atomic E-state index is 6.03. The van der Waals surface area contributed by atoms with Crippen LogP contribution in [0.25, 0.3) is 0 Å². The van der Waals surface area contributed by atoms with Crippen LogP contribution in [0.4, 0.5) is 0 Å². The highest BCUT2D eigenvalue weighted by molar-refractivity contribution is 5.79. The van der Waals surface area contributed by atoms with Gasteiger partial charge in [0.15, 0.2) is 5.96 Å². The van der Waals surface area contributed by atoms with E-state index in [-0.39, 0.29) is 0 Å². The second-order valence-electron chi connectivity index (χ2n) is 7.82. The topological polar surface area (TPSA) is 76.4 Å². The van der Waals surface area contributed by atoms with Crippen molar-refractivity contribution in [3.8, 4) is 5.75 Å². The number of hydrogen-bond acceptors (Lipinski definition) is 4. The molecule has 0 saturated heterocycles. The lowest BCUT2D eigenvalue weighted by atomic mass is 10.1. The van der Waals surface area contributed by atoms with E-state index in [2.05, 4.69) is 58.0 Å². The summed E-state index contributed by atoms with van der Waals surface area (Å²) < 4.78 is 7.84. The number of nitrogens with one attached hydrogen (secondary N) is 2. The molecule has 31 heavy (non-hydrogen) atoms. The van der Waals surface area contributed by atoms with Crippen LogP contribution < -0.4 is 15.4 Å². The summed E-state index contributed by atoms with van der Waals surface area (Å²) in [6.07, 6.45) is 5.86. The number of hydrogen-bond donors (Lipinski definition) is 2. The number of guanidine groups is 1. The van der Waals surface area contributed by atoms with Crippen molar-refractivity contribution in [3.63, 3.8) is 0 Å². The van der Waals surface area contributed by atoms with E-state index in [1.54, 1.807) is 12.7 Å². The first kappa shape index (κ1) is 20.9. The molecule has 0 unspecified atom stereocenters. The Bertz CT molecular complexity index is 981. The summed E-state index contributed by atoms with van der Waals surface area (Å²) in [6, 6.07) is 16.6. The molecule has 162 valence electrons. The summed E-state index contributed by atoms with van der Waals surface area (Å²) in [4.78, 5) is 8.77. The summed E-state index contributed by atoms with van der Waals surface area (Å²) in [5.41, 5.74) is 3.48. The van der Waals surface area contributed by atoms with Gasteiger partial charge in [-0.25, -0.2) is 14.7 Å². The first-order chi connectivity index (χ1) is 15.3. The van der Waals surface area contributed by atoms with Gasteiger partial charge in [-0.15, -0.1) is 0 Å². The number of benzene rings is 2. The van der Waals surface area contributed by atoms with Crippen LogP contribution in [-0.4, -0.2) is 33.9 Å². The third-order valence-corrected chi connectivity index (χ3v) is 5.16. The molecule has 1 aliphatic carbocycles. The van der Waals surface area contributed by atoms with Crippen molar-refractivity contribution in [2.75, 3.05) is 13.2 Å². The predicted molar refractivity (Wildman–Crippen MR) is 122 cm³/mol. The van der Waals surface area contributed by atoms with Crippen molar-refractivity contribution < 1.29 is 4.74 Å². The molecule has 0 bridgehead atoms. The quantitative estimate of drug-likeness (QED) is 0.390. The highest BCUT2D eigenvalue weighted by Crippen LogP contribution is 2.30. The van der Waals surface area contributed by atoms with Crippen molar-refractivity contribution in [1.29, 1.82) is 0 Å². The zero-order valence-corrected chi connectivity index (χ0v) is 18.0. The molecule has 4 rings (SSSR count). The van der Waals surface area contributed by atoms with E-state index in [9.17, 15) is 0 Å². The summed E-state index contributed by atoms with van der Waals surface area (Å²) in [7, 11) is 0. The first-order valence-corrected chi connectivity index (χ1v) is 10.9. The van der Waals surface area contributed by atoms with Gasteiger partial charge in [0, 0.05) is 18.7 Å². The van der Waals surface area contributed by atoms with Gasteiger partial charge >= 0.3 is 0 Å². The smallest absolute Gasteiger partial charge is 0.191 e. The normalized spacial score (nSPS) is 13.8. The Labute approximate surface area is 183 Å². The Hall–Kier alpha value is -3.35. The number of para-hydroxylation sites is 1. The molecule has 7 heteroatoms. The minimum atomic E-state index is 0.598. The van der Waals surface area contributed by atoms with Gasteiger partial charge < -0.3 is 15.4 Å². The van der Waals surface area contributed by atoms with E-state index < -0.39 is 0 Å². The van der Waals surface area contributed by atoms with Crippen molar-refractivity contribution in [2.45, 2.75) is 39.4 Å². The summed E-state index contributed by atoms with van der Waals surface area (Å²) in [5.74, 6) is 2.49. The zero-order valence-electron chi connectivity index (χ0n) is 18.0. The molecule has 1 saturated carbocycles. The molecule has 1 aromatic heterocycles. The molecule has 7 nitrogen and oxygen atoms in total. The molecular formula is C24H30N6O. The average Bonchev–Trinajstić information content (AvgIpc) is 3.49. The molecule has 1 heterocycles. The van der Waals surface area contributed by atoms with Crippen LogP contribution in [-0.2, 0) is 19.6 Å². The van der Waals surface area contributed by atoms with Crippen LogP contribution in [0.1, 0.15) is 36.5 Å². The lowest BCUT2D eigenvalue weighted by Crippen LogP contribution is -2.36. The van der Waals surface area contributed by atoms with Crippen LogP contribution in [0.3, 0.4) is 0 Å². The van der Waals surface area contributed by atoms with Gasteiger partial charge in [0.2, 0.25) is 0 Å². The van der Waals surface area contributed by atoms with Gasteiger partial charge in [-0.2, -0.15) is 5.10 Å². The van der Waals surface area contributed by atoms with Crippen molar-refractivity contribution in [2.24, 2.45) is 10.9 Å². The molecule has 3 aromatic rings. The van der Waals surface area contributed by atoms with Crippen molar-refractivity contribution in [3.05, 3.63) is 77.9 Å². The second kappa shape index (κ2) is 10.6. The van der Waals surface area contributed by atoms with Crippen LogP contribution in [0.2, 0.25) is 0 Å². The van der Waals surface area contributed by atoms with Crippen LogP contribution in [0.15, 0.2) is 66.2 Å². The fraction of sp³-hybridized carbons (Fsp3) is 0.375. The highest BCUT2D eigenvalue weighted by atomic mass is 16.5. The van der Waals surface area contributed by atoms with Gasteiger partial charge in [-0.3, -0.25) is 0 Å². The summed E-state index contributed by atoms with van der Waals surface area (Å²) >= 11 is 0. The molecule has 0 aliphatic heterocycles. The molecule has 1 fully saturated rings. The number of ether oxygens (including phenoxy) is 1. The fourth-order valence-corrected chi connectivity index (χ4v) is 3.30. The maximum absolute atomic E-state index is 6.03. The average molecular weight is 419 g/mol. The number of aromatic nitrogens is 3. The van der Waals surface area contributed by atoms with Crippen LogP contribution >= 0.6 is 0 Å². The lowest BCUT2D eigenvalue weighted by molar-refractivity contribution is 0.296. The van der Waals surface area contributed by atoms with Crippen LogP contribution in [0.5, 0.6) is 5.75 Å². The highest BCUT2D eigenvalue weighted by Gasteiger charge is 2.22. The third kappa shape index (κ3) is 6.57. The fourth-order valence-electron chi connectivity index (χ4n) is 3.30. The van der Waals surface area contributed by atoms with Crippen LogP contribution in [0, 0.1) is 5.92 Å². The number of aliphatic imine (C=N–C) groups is 1. The Morgan fingerprint density at radius 2 is 2.00 bits per heavy atom.